The van der Waals surface area contributed by atoms with Gasteiger partial charge in [0, 0.05) is 0 Å². The molecule has 0 aromatic heterocycles. The van der Waals surface area contributed by atoms with Crippen LogP contribution in [0.3, 0.4) is 0 Å². The molecular formula is C8H20N2Si. The van der Waals surface area contributed by atoms with E-state index in [0.29, 0.717) is 12.1 Å². The van der Waals surface area contributed by atoms with Gasteiger partial charge in [-0.25, -0.2) is 0 Å². The van der Waals surface area contributed by atoms with E-state index in [0.717, 1.165) is 0 Å². The van der Waals surface area contributed by atoms with Crippen molar-refractivity contribution < 1.29 is 0 Å². The zero-order valence-corrected chi connectivity index (χ0v) is 9.17. The third kappa shape index (κ3) is 6.28. The molecule has 0 aromatic rings. The Balaban J connectivity index is 3.67. The van der Waals surface area contributed by atoms with Crippen LogP contribution in [0.15, 0.2) is 12.3 Å². The Bertz CT molecular complexity index is 103. The minimum atomic E-state index is -1.06. The lowest BCUT2D eigenvalue weighted by Gasteiger charge is -2.19. The molecule has 0 saturated heterocycles. The van der Waals surface area contributed by atoms with Crippen molar-refractivity contribution in [2.24, 2.45) is 0 Å². The average Bonchev–Trinajstić information content (AvgIpc) is 1.84. The maximum Gasteiger partial charge on any atom is 0.210 e. The first-order valence-electron chi connectivity index (χ1n) is 4.21. The Hall–Kier alpha value is -0.123. The Morgan fingerprint density at radius 2 is 1.45 bits per heavy atom. The van der Waals surface area contributed by atoms with E-state index in [1.165, 1.54) is 0 Å². The molecule has 66 valence electrons. The highest BCUT2D eigenvalue weighted by Crippen LogP contribution is 1.83. The standard InChI is InChI=1S/C8H20N2Si/c1-6-11(9-7(2)3)10-8(4)5/h6-11H,1H2,2-5H3. The van der Waals surface area contributed by atoms with Crippen molar-refractivity contribution in [1.29, 1.82) is 0 Å². The summed E-state index contributed by atoms with van der Waals surface area (Å²) in [6.45, 7) is 12.4. The first-order valence-corrected chi connectivity index (χ1v) is 6.03. The van der Waals surface area contributed by atoms with Crippen molar-refractivity contribution in [2.45, 2.75) is 39.8 Å². The summed E-state index contributed by atoms with van der Waals surface area (Å²) in [6.07, 6.45) is 0. The van der Waals surface area contributed by atoms with E-state index < -0.39 is 9.12 Å². The number of nitrogens with one attached hydrogen (secondary N) is 2. The minimum absolute atomic E-state index is 0.552. The van der Waals surface area contributed by atoms with Crippen LogP contribution in [0.1, 0.15) is 27.7 Å². The van der Waals surface area contributed by atoms with Crippen LogP contribution in [-0.4, -0.2) is 21.2 Å². The van der Waals surface area contributed by atoms with E-state index in [4.69, 9.17) is 0 Å². The van der Waals surface area contributed by atoms with Gasteiger partial charge in [0.05, 0.1) is 0 Å². The highest BCUT2D eigenvalue weighted by molar-refractivity contribution is 6.59. The molecule has 0 amide bonds. The predicted molar refractivity (Wildman–Crippen MR) is 53.9 cm³/mol. The number of rotatable bonds is 5. The highest BCUT2D eigenvalue weighted by Gasteiger charge is 2.07. The van der Waals surface area contributed by atoms with Crippen LogP contribution in [0.25, 0.3) is 0 Å². The summed E-state index contributed by atoms with van der Waals surface area (Å²) in [4.78, 5) is 6.94. The van der Waals surface area contributed by atoms with Gasteiger partial charge in [-0.15, -0.1) is 6.58 Å². The second kappa shape index (κ2) is 5.52. The molecule has 0 atom stereocenters. The Labute approximate surface area is 71.8 Å². The lowest BCUT2D eigenvalue weighted by molar-refractivity contribution is 0.688. The molecular weight excluding hydrogens is 152 g/mol. The third-order valence-electron chi connectivity index (χ3n) is 1.26. The zero-order valence-electron chi connectivity index (χ0n) is 8.02. The molecule has 11 heavy (non-hydrogen) atoms. The lowest BCUT2D eigenvalue weighted by Crippen LogP contribution is -2.51. The molecule has 0 bridgehead atoms. The van der Waals surface area contributed by atoms with Crippen LogP contribution in [-0.2, 0) is 0 Å². The van der Waals surface area contributed by atoms with Crippen molar-refractivity contribution in [3.05, 3.63) is 12.3 Å². The van der Waals surface area contributed by atoms with Crippen molar-refractivity contribution >= 4 is 9.12 Å². The van der Waals surface area contributed by atoms with E-state index in [9.17, 15) is 0 Å². The molecule has 2 N–H and O–H groups in total. The summed E-state index contributed by atoms with van der Waals surface area (Å²) in [7, 11) is -1.06. The van der Waals surface area contributed by atoms with Gasteiger partial charge in [0.1, 0.15) is 0 Å². The van der Waals surface area contributed by atoms with E-state index in [2.05, 4.69) is 44.2 Å². The molecule has 0 aliphatic heterocycles. The quantitative estimate of drug-likeness (QED) is 0.603. The molecule has 0 aliphatic carbocycles. The zero-order chi connectivity index (χ0) is 8.85. The SMILES string of the molecule is C=C[SiH](NC(C)C)NC(C)C. The van der Waals surface area contributed by atoms with Gasteiger partial charge in [0.2, 0.25) is 9.12 Å². The van der Waals surface area contributed by atoms with Gasteiger partial charge < -0.3 is 9.96 Å². The van der Waals surface area contributed by atoms with E-state index in [-0.39, 0.29) is 0 Å². The summed E-state index contributed by atoms with van der Waals surface area (Å²) < 4.78 is 0. The Morgan fingerprint density at radius 3 is 1.64 bits per heavy atom. The number of hydrogen-bond donors (Lipinski definition) is 2. The maximum atomic E-state index is 3.80. The van der Waals surface area contributed by atoms with Gasteiger partial charge in [-0.3, -0.25) is 0 Å². The molecule has 2 nitrogen and oxygen atoms in total. The summed E-state index contributed by atoms with van der Waals surface area (Å²) in [5, 5.41) is 0. The lowest BCUT2D eigenvalue weighted by atomic mass is 10.4. The van der Waals surface area contributed by atoms with Crippen LogP contribution >= 0.6 is 0 Å². The van der Waals surface area contributed by atoms with Gasteiger partial charge in [-0.2, -0.15) is 0 Å². The minimum Gasteiger partial charge on any atom is -0.323 e. The Kier molecular flexibility index (Phi) is 5.46. The fourth-order valence-corrected chi connectivity index (χ4v) is 2.71. The fourth-order valence-electron chi connectivity index (χ4n) is 0.902. The summed E-state index contributed by atoms with van der Waals surface area (Å²) >= 11 is 0. The molecule has 0 aliphatic rings. The molecule has 0 saturated carbocycles. The van der Waals surface area contributed by atoms with Crippen molar-refractivity contribution in [2.75, 3.05) is 0 Å². The molecule has 0 radical (unpaired) electrons. The van der Waals surface area contributed by atoms with Gasteiger partial charge in [-0.1, -0.05) is 33.4 Å². The first kappa shape index (κ1) is 10.9. The van der Waals surface area contributed by atoms with Crippen LogP contribution < -0.4 is 9.96 Å². The second-order valence-corrected chi connectivity index (χ2v) is 5.45. The van der Waals surface area contributed by atoms with Crippen LogP contribution in [0.5, 0.6) is 0 Å². The average molecular weight is 172 g/mol. The van der Waals surface area contributed by atoms with Gasteiger partial charge in [-0.05, 0) is 12.1 Å². The smallest absolute Gasteiger partial charge is 0.210 e. The van der Waals surface area contributed by atoms with Crippen molar-refractivity contribution in [3.8, 4) is 0 Å². The topological polar surface area (TPSA) is 24.1 Å². The number of hydrogen-bond acceptors (Lipinski definition) is 2. The van der Waals surface area contributed by atoms with Gasteiger partial charge in [0.25, 0.3) is 0 Å². The second-order valence-electron chi connectivity index (χ2n) is 3.36. The van der Waals surface area contributed by atoms with Crippen molar-refractivity contribution in [3.63, 3.8) is 0 Å². The largest absolute Gasteiger partial charge is 0.323 e. The van der Waals surface area contributed by atoms with Crippen LogP contribution in [0, 0.1) is 0 Å². The van der Waals surface area contributed by atoms with Crippen molar-refractivity contribution in [1.82, 2.24) is 9.96 Å². The monoisotopic (exact) mass is 172 g/mol. The summed E-state index contributed by atoms with van der Waals surface area (Å²) in [6, 6.07) is 1.10. The molecule has 0 rings (SSSR count). The van der Waals surface area contributed by atoms with Gasteiger partial charge >= 0.3 is 0 Å². The molecule has 0 spiro atoms. The summed E-state index contributed by atoms with van der Waals surface area (Å²) in [5.41, 5.74) is 2.03. The van der Waals surface area contributed by atoms with Crippen LogP contribution in [0.2, 0.25) is 0 Å². The van der Waals surface area contributed by atoms with E-state index in [1.54, 1.807) is 0 Å². The molecule has 3 heteroatoms. The third-order valence-corrected chi connectivity index (χ3v) is 3.78. The molecule has 0 heterocycles. The van der Waals surface area contributed by atoms with Crippen LogP contribution in [0.4, 0.5) is 0 Å². The highest BCUT2D eigenvalue weighted by atomic mass is 28.3. The molecule has 0 unspecified atom stereocenters. The maximum absolute atomic E-state index is 3.80. The van der Waals surface area contributed by atoms with Gasteiger partial charge in [0.15, 0.2) is 0 Å². The Morgan fingerprint density at radius 1 is 1.09 bits per heavy atom. The molecule has 0 fully saturated rings. The fraction of sp³-hybridized carbons (Fsp3) is 0.750. The van der Waals surface area contributed by atoms with E-state index >= 15 is 0 Å². The first-order chi connectivity index (χ1) is 5.06. The van der Waals surface area contributed by atoms with E-state index in [1.807, 2.05) is 5.70 Å². The predicted octanol–water partition coefficient (Wildman–Crippen LogP) is 0.928. The summed E-state index contributed by atoms with van der Waals surface area (Å²) in [5.74, 6) is 0. The normalized spacial score (nSPS) is 11.5. The molecule has 0 aromatic carbocycles.